The van der Waals surface area contributed by atoms with Crippen LogP contribution in [0, 0.1) is 12.8 Å². The number of anilines is 1. The predicted octanol–water partition coefficient (Wildman–Crippen LogP) is 3.15. The van der Waals surface area contributed by atoms with Crippen LogP contribution in [0.25, 0.3) is 0 Å². The summed E-state index contributed by atoms with van der Waals surface area (Å²) in [6.45, 7) is 4.15. The Morgan fingerprint density at radius 3 is 3.05 bits per heavy atom. The lowest BCUT2D eigenvalue weighted by Gasteiger charge is -2.21. The van der Waals surface area contributed by atoms with E-state index in [4.69, 9.17) is 16.3 Å². The topological polar surface area (TPSA) is 41.6 Å². The molecule has 104 valence electrons. The monoisotopic (exact) mass is 282 g/mol. The van der Waals surface area contributed by atoms with E-state index in [1.54, 1.807) is 11.9 Å². The minimum atomic E-state index is -0.114. The minimum absolute atomic E-state index is 0.114. The zero-order valence-electron chi connectivity index (χ0n) is 11.3. The molecule has 0 radical (unpaired) electrons. The van der Waals surface area contributed by atoms with E-state index in [1.165, 1.54) is 0 Å². The lowest BCUT2D eigenvalue weighted by molar-refractivity contribution is 0.175. The van der Waals surface area contributed by atoms with E-state index >= 15 is 0 Å². The van der Waals surface area contributed by atoms with Crippen molar-refractivity contribution >= 4 is 23.3 Å². The van der Waals surface area contributed by atoms with Crippen molar-refractivity contribution in [1.29, 1.82) is 0 Å². The van der Waals surface area contributed by atoms with Crippen molar-refractivity contribution in [2.75, 3.05) is 32.1 Å². The molecule has 4 nitrogen and oxygen atoms in total. The number of urea groups is 1. The summed E-state index contributed by atoms with van der Waals surface area (Å²) >= 11 is 6.03. The zero-order chi connectivity index (χ0) is 13.8. The molecule has 0 bridgehead atoms. The molecule has 1 aromatic carbocycles. The summed E-state index contributed by atoms with van der Waals surface area (Å²) in [5.74, 6) is 0.441. The molecule has 1 atom stereocenters. The second-order valence-electron chi connectivity index (χ2n) is 4.95. The molecule has 1 N–H and O–H groups in total. The van der Waals surface area contributed by atoms with Crippen molar-refractivity contribution in [2.45, 2.75) is 13.3 Å². The van der Waals surface area contributed by atoms with Gasteiger partial charge in [-0.05, 0) is 31.0 Å². The van der Waals surface area contributed by atoms with Gasteiger partial charge in [0.1, 0.15) is 0 Å². The maximum absolute atomic E-state index is 12.1. The molecule has 0 aromatic heterocycles. The third kappa shape index (κ3) is 3.61. The Morgan fingerprint density at radius 1 is 1.58 bits per heavy atom. The molecule has 1 aliphatic rings. The van der Waals surface area contributed by atoms with Crippen LogP contribution in [0.15, 0.2) is 18.2 Å². The SMILES string of the molecule is Cc1c(Cl)cccc1NC(=O)N(C)CC1CCOC1. The number of ether oxygens (including phenoxy) is 1. The van der Waals surface area contributed by atoms with Crippen molar-refractivity contribution in [3.05, 3.63) is 28.8 Å². The summed E-state index contributed by atoms with van der Waals surface area (Å²) in [7, 11) is 1.80. The van der Waals surface area contributed by atoms with Crippen molar-refractivity contribution in [3.63, 3.8) is 0 Å². The van der Waals surface area contributed by atoms with E-state index in [2.05, 4.69) is 5.32 Å². The zero-order valence-corrected chi connectivity index (χ0v) is 12.0. The number of nitrogens with zero attached hydrogens (tertiary/aromatic N) is 1. The number of rotatable bonds is 3. The average molecular weight is 283 g/mol. The Hall–Kier alpha value is -1.26. The highest BCUT2D eigenvalue weighted by Gasteiger charge is 2.20. The van der Waals surface area contributed by atoms with Gasteiger partial charge in [0.2, 0.25) is 0 Å². The highest BCUT2D eigenvalue weighted by molar-refractivity contribution is 6.31. The fraction of sp³-hybridized carbons (Fsp3) is 0.500. The number of carbonyl (C=O) groups is 1. The van der Waals surface area contributed by atoms with Gasteiger partial charge in [0.25, 0.3) is 0 Å². The molecule has 0 saturated carbocycles. The molecule has 1 saturated heterocycles. The highest BCUT2D eigenvalue weighted by Crippen LogP contribution is 2.23. The van der Waals surface area contributed by atoms with Gasteiger partial charge in [-0.2, -0.15) is 0 Å². The van der Waals surface area contributed by atoms with Gasteiger partial charge in [0.05, 0.1) is 6.61 Å². The highest BCUT2D eigenvalue weighted by atomic mass is 35.5. The molecule has 0 aliphatic carbocycles. The fourth-order valence-corrected chi connectivity index (χ4v) is 2.33. The molecular weight excluding hydrogens is 264 g/mol. The third-order valence-corrected chi connectivity index (χ3v) is 3.82. The molecule has 19 heavy (non-hydrogen) atoms. The van der Waals surface area contributed by atoms with Crippen molar-refractivity contribution in [1.82, 2.24) is 4.90 Å². The number of carbonyl (C=O) groups excluding carboxylic acids is 1. The maximum Gasteiger partial charge on any atom is 0.321 e. The lowest BCUT2D eigenvalue weighted by atomic mass is 10.1. The first-order chi connectivity index (χ1) is 9.08. The number of amides is 2. The molecule has 1 aromatic rings. The Balaban J connectivity index is 1.94. The van der Waals surface area contributed by atoms with Crippen LogP contribution in [0.3, 0.4) is 0 Å². The number of hydrogen-bond donors (Lipinski definition) is 1. The smallest absolute Gasteiger partial charge is 0.321 e. The summed E-state index contributed by atoms with van der Waals surface area (Å²) in [5.41, 5.74) is 1.64. The average Bonchev–Trinajstić information content (AvgIpc) is 2.87. The van der Waals surface area contributed by atoms with Crippen LogP contribution in [-0.4, -0.2) is 37.7 Å². The van der Waals surface area contributed by atoms with Crippen LogP contribution in [0.1, 0.15) is 12.0 Å². The van der Waals surface area contributed by atoms with Crippen molar-refractivity contribution < 1.29 is 9.53 Å². The van der Waals surface area contributed by atoms with E-state index in [0.29, 0.717) is 17.5 Å². The Kier molecular flexibility index (Phi) is 4.66. The fourth-order valence-electron chi connectivity index (χ4n) is 2.15. The van der Waals surface area contributed by atoms with Crippen molar-refractivity contribution in [2.24, 2.45) is 5.92 Å². The lowest BCUT2D eigenvalue weighted by Crippen LogP contribution is -2.35. The van der Waals surface area contributed by atoms with E-state index < -0.39 is 0 Å². The van der Waals surface area contributed by atoms with Gasteiger partial charge in [0, 0.05) is 36.8 Å². The van der Waals surface area contributed by atoms with Gasteiger partial charge in [-0.3, -0.25) is 0 Å². The van der Waals surface area contributed by atoms with Gasteiger partial charge in [-0.25, -0.2) is 4.79 Å². The summed E-state index contributed by atoms with van der Waals surface area (Å²) in [4.78, 5) is 13.8. The van der Waals surface area contributed by atoms with E-state index in [-0.39, 0.29) is 6.03 Å². The van der Waals surface area contributed by atoms with Gasteiger partial charge >= 0.3 is 6.03 Å². The first kappa shape index (κ1) is 14.2. The Morgan fingerprint density at radius 2 is 2.37 bits per heavy atom. The Bertz CT molecular complexity index is 459. The van der Waals surface area contributed by atoms with Crippen LogP contribution in [0.2, 0.25) is 5.02 Å². The maximum atomic E-state index is 12.1. The molecule has 1 unspecified atom stereocenters. The largest absolute Gasteiger partial charge is 0.381 e. The van der Waals surface area contributed by atoms with Crippen LogP contribution in [-0.2, 0) is 4.74 Å². The summed E-state index contributed by atoms with van der Waals surface area (Å²) in [6.07, 6.45) is 1.02. The number of benzene rings is 1. The van der Waals surface area contributed by atoms with Gasteiger partial charge in [0.15, 0.2) is 0 Å². The molecular formula is C14H19ClN2O2. The molecule has 1 aliphatic heterocycles. The standard InChI is InChI=1S/C14H19ClN2O2/c1-10-12(15)4-3-5-13(10)16-14(18)17(2)8-11-6-7-19-9-11/h3-5,11H,6-9H2,1-2H3,(H,16,18). The second-order valence-corrected chi connectivity index (χ2v) is 5.36. The number of hydrogen-bond acceptors (Lipinski definition) is 2. The van der Waals surface area contributed by atoms with Gasteiger partial charge < -0.3 is 15.0 Å². The van der Waals surface area contributed by atoms with Crippen LogP contribution >= 0.6 is 11.6 Å². The Labute approximate surface area is 118 Å². The third-order valence-electron chi connectivity index (χ3n) is 3.41. The summed E-state index contributed by atoms with van der Waals surface area (Å²) in [5, 5.41) is 3.54. The van der Waals surface area contributed by atoms with E-state index in [9.17, 15) is 4.79 Å². The molecule has 2 rings (SSSR count). The first-order valence-electron chi connectivity index (χ1n) is 6.43. The molecule has 5 heteroatoms. The molecule has 0 spiro atoms. The summed E-state index contributed by atoms with van der Waals surface area (Å²) < 4.78 is 5.32. The number of halogens is 1. The second kappa shape index (κ2) is 6.26. The molecule has 1 heterocycles. The van der Waals surface area contributed by atoms with Crippen LogP contribution < -0.4 is 5.32 Å². The number of nitrogens with one attached hydrogen (secondary N) is 1. The van der Waals surface area contributed by atoms with E-state index in [1.807, 2.05) is 25.1 Å². The van der Waals surface area contributed by atoms with Gasteiger partial charge in [-0.15, -0.1) is 0 Å². The minimum Gasteiger partial charge on any atom is -0.381 e. The molecule has 2 amide bonds. The van der Waals surface area contributed by atoms with Gasteiger partial charge in [-0.1, -0.05) is 17.7 Å². The predicted molar refractivity (Wildman–Crippen MR) is 76.8 cm³/mol. The molecule has 1 fully saturated rings. The van der Waals surface area contributed by atoms with Crippen molar-refractivity contribution in [3.8, 4) is 0 Å². The summed E-state index contributed by atoms with van der Waals surface area (Å²) in [6, 6.07) is 5.38. The quantitative estimate of drug-likeness (QED) is 0.925. The van der Waals surface area contributed by atoms with Crippen LogP contribution in [0.4, 0.5) is 10.5 Å². The van der Waals surface area contributed by atoms with Crippen LogP contribution in [0.5, 0.6) is 0 Å². The van der Waals surface area contributed by atoms with E-state index in [0.717, 1.165) is 30.9 Å². The normalized spacial score (nSPS) is 18.4. The first-order valence-corrected chi connectivity index (χ1v) is 6.80.